The van der Waals surface area contributed by atoms with Gasteiger partial charge in [0.25, 0.3) is 0 Å². The number of esters is 1. The van der Waals surface area contributed by atoms with Crippen LogP contribution in [0.15, 0.2) is 54.7 Å². The monoisotopic (exact) mass is 451 g/mol. The highest BCUT2D eigenvalue weighted by Gasteiger charge is 2.05. The van der Waals surface area contributed by atoms with Crippen LogP contribution in [-0.4, -0.2) is 24.2 Å². The molecule has 4 heteroatoms. The number of carbonyl (C=O) groups excluding carboxylic acids is 1. The molecular formula is C29H41NO3. The maximum Gasteiger partial charge on any atom is 0.315 e. The number of ether oxygens (including phenoxy) is 2. The predicted octanol–water partition coefficient (Wildman–Crippen LogP) is 7.71. The van der Waals surface area contributed by atoms with E-state index in [1.807, 2.05) is 18.2 Å². The first kappa shape index (κ1) is 26.8. The average molecular weight is 452 g/mol. The van der Waals surface area contributed by atoms with Gasteiger partial charge in [0.05, 0.1) is 18.3 Å². The van der Waals surface area contributed by atoms with Crippen LogP contribution in [0.1, 0.15) is 83.6 Å². The summed E-state index contributed by atoms with van der Waals surface area (Å²) in [6, 6.07) is 12.3. The van der Waals surface area contributed by atoms with Crippen molar-refractivity contribution in [1.29, 1.82) is 0 Å². The van der Waals surface area contributed by atoms with Crippen molar-refractivity contribution in [2.24, 2.45) is 0 Å². The second-order valence-corrected chi connectivity index (χ2v) is 8.50. The van der Waals surface area contributed by atoms with E-state index in [9.17, 15) is 4.79 Å². The maximum absolute atomic E-state index is 12.0. The molecule has 0 bridgehead atoms. The highest BCUT2D eigenvalue weighted by atomic mass is 16.5. The molecule has 180 valence electrons. The Hall–Kier alpha value is -2.46. The summed E-state index contributed by atoms with van der Waals surface area (Å²) in [7, 11) is 0. The molecule has 2 aromatic rings. The minimum absolute atomic E-state index is 0.254. The third-order valence-corrected chi connectivity index (χ3v) is 5.50. The number of benzene rings is 1. The van der Waals surface area contributed by atoms with Gasteiger partial charge in [0.2, 0.25) is 0 Å². The molecule has 1 heterocycles. The Morgan fingerprint density at radius 1 is 0.848 bits per heavy atom. The standard InChI is InChI=1S/C29H41NO3/c1-3-5-6-7-8-9-12-15-29(31)33-27-20-21-28(30-24-27)26-18-16-25(17-19-26)14-11-10-13-23-32-22-4-2/h9,12,16-21,24H,3-8,10-11,13-15,22-23H2,1-2H3/b12-9-. The summed E-state index contributed by atoms with van der Waals surface area (Å²) in [6.45, 7) is 6.09. The van der Waals surface area contributed by atoms with Crippen molar-refractivity contribution in [2.45, 2.75) is 84.5 Å². The van der Waals surface area contributed by atoms with Crippen molar-refractivity contribution in [3.63, 3.8) is 0 Å². The lowest BCUT2D eigenvalue weighted by Gasteiger charge is -2.06. The average Bonchev–Trinajstić information content (AvgIpc) is 2.84. The summed E-state index contributed by atoms with van der Waals surface area (Å²) in [5.74, 6) is 0.232. The molecule has 1 aromatic heterocycles. The van der Waals surface area contributed by atoms with Gasteiger partial charge in [0.15, 0.2) is 0 Å². The molecule has 0 radical (unpaired) electrons. The Morgan fingerprint density at radius 3 is 2.39 bits per heavy atom. The zero-order valence-corrected chi connectivity index (χ0v) is 20.6. The molecule has 0 aliphatic heterocycles. The summed E-state index contributed by atoms with van der Waals surface area (Å²) in [4.78, 5) is 16.5. The molecule has 0 N–H and O–H groups in total. The highest BCUT2D eigenvalue weighted by Crippen LogP contribution is 2.21. The van der Waals surface area contributed by atoms with E-state index in [1.165, 1.54) is 44.1 Å². The molecular weight excluding hydrogens is 410 g/mol. The van der Waals surface area contributed by atoms with Crippen molar-refractivity contribution < 1.29 is 14.3 Å². The van der Waals surface area contributed by atoms with Crippen molar-refractivity contribution >= 4 is 5.97 Å². The summed E-state index contributed by atoms with van der Waals surface area (Å²) in [5, 5.41) is 0. The van der Waals surface area contributed by atoms with Gasteiger partial charge in [-0.3, -0.25) is 9.78 Å². The molecule has 0 saturated carbocycles. The summed E-state index contributed by atoms with van der Waals surface area (Å²) >= 11 is 0. The van der Waals surface area contributed by atoms with E-state index < -0.39 is 0 Å². The number of pyridine rings is 1. The lowest BCUT2D eigenvalue weighted by molar-refractivity contribution is -0.133. The summed E-state index contributed by atoms with van der Waals surface area (Å²) in [5.41, 5.74) is 3.29. The van der Waals surface area contributed by atoms with Crippen LogP contribution < -0.4 is 4.74 Å². The van der Waals surface area contributed by atoms with E-state index in [4.69, 9.17) is 9.47 Å². The van der Waals surface area contributed by atoms with Gasteiger partial charge in [-0.1, -0.05) is 75.9 Å². The lowest BCUT2D eigenvalue weighted by Crippen LogP contribution is -2.06. The SMILES string of the molecule is CCCCCC/C=C\CC(=O)Oc1ccc(-c2ccc(CCCCCOCCC)cc2)nc1. The van der Waals surface area contributed by atoms with E-state index in [-0.39, 0.29) is 5.97 Å². The number of nitrogens with zero attached hydrogens (tertiary/aromatic N) is 1. The number of hydrogen-bond donors (Lipinski definition) is 0. The van der Waals surface area contributed by atoms with Gasteiger partial charge in [-0.25, -0.2) is 0 Å². The smallest absolute Gasteiger partial charge is 0.315 e. The molecule has 0 fully saturated rings. The number of aromatic nitrogens is 1. The van der Waals surface area contributed by atoms with Crippen molar-refractivity contribution in [3.8, 4) is 17.0 Å². The first-order valence-electron chi connectivity index (χ1n) is 12.7. The van der Waals surface area contributed by atoms with Gasteiger partial charge in [-0.2, -0.15) is 0 Å². The first-order chi connectivity index (χ1) is 16.2. The van der Waals surface area contributed by atoms with E-state index in [2.05, 4.69) is 49.2 Å². The van der Waals surface area contributed by atoms with Crippen molar-refractivity contribution in [2.75, 3.05) is 13.2 Å². The number of allylic oxidation sites excluding steroid dienone is 1. The molecule has 33 heavy (non-hydrogen) atoms. The van der Waals surface area contributed by atoms with Crippen LogP contribution in [0.25, 0.3) is 11.3 Å². The van der Waals surface area contributed by atoms with Gasteiger partial charge in [-0.05, 0) is 56.2 Å². The van der Waals surface area contributed by atoms with Crippen LogP contribution in [0.3, 0.4) is 0 Å². The van der Waals surface area contributed by atoms with Crippen LogP contribution in [-0.2, 0) is 16.0 Å². The number of hydrogen-bond acceptors (Lipinski definition) is 4. The quantitative estimate of drug-likeness (QED) is 0.140. The molecule has 2 rings (SSSR count). The number of aryl methyl sites for hydroxylation is 1. The van der Waals surface area contributed by atoms with Gasteiger partial charge in [-0.15, -0.1) is 0 Å². The molecule has 0 atom stereocenters. The Bertz CT molecular complexity index is 797. The van der Waals surface area contributed by atoms with E-state index in [1.54, 1.807) is 6.20 Å². The topological polar surface area (TPSA) is 48.4 Å². The largest absolute Gasteiger partial charge is 0.425 e. The fourth-order valence-electron chi connectivity index (χ4n) is 3.57. The lowest BCUT2D eigenvalue weighted by atomic mass is 10.0. The highest BCUT2D eigenvalue weighted by molar-refractivity contribution is 5.74. The third kappa shape index (κ3) is 11.8. The van der Waals surface area contributed by atoms with Crippen LogP contribution in [0, 0.1) is 0 Å². The molecule has 0 saturated heterocycles. The third-order valence-electron chi connectivity index (χ3n) is 5.50. The Labute approximate surface area is 200 Å². The van der Waals surface area contributed by atoms with Gasteiger partial charge >= 0.3 is 5.97 Å². The van der Waals surface area contributed by atoms with Gasteiger partial charge in [0, 0.05) is 18.8 Å². The maximum atomic E-state index is 12.0. The summed E-state index contributed by atoms with van der Waals surface area (Å²) in [6.07, 6.45) is 17.5. The number of unbranched alkanes of at least 4 members (excludes halogenated alkanes) is 6. The summed E-state index contributed by atoms with van der Waals surface area (Å²) < 4.78 is 10.9. The Kier molecular flexibility index (Phi) is 13.9. The predicted molar refractivity (Wildman–Crippen MR) is 136 cm³/mol. The van der Waals surface area contributed by atoms with Crippen molar-refractivity contribution in [1.82, 2.24) is 4.98 Å². The second kappa shape index (κ2) is 17.1. The number of carbonyl (C=O) groups is 1. The zero-order chi connectivity index (χ0) is 23.6. The van der Waals surface area contributed by atoms with Crippen molar-refractivity contribution in [3.05, 3.63) is 60.3 Å². The van der Waals surface area contributed by atoms with E-state index in [0.717, 1.165) is 50.2 Å². The van der Waals surface area contributed by atoms with Gasteiger partial charge < -0.3 is 9.47 Å². The molecule has 0 aliphatic rings. The zero-order valence-electron chi connectivity index (χ0n) is 20.6. The molecule has 0 spiro atoms. The fourth-order valence-corrected chi connectivity index (χ4v) is 3.57. The normalized spacial score (nSPS) is 11.2. The molecule has 1 aromatic carbocycles. The van der Waals surface area contributed by atoms with Crippen LogP contribution in [0.4, 0.5) is 0 Å². The van der Waals surface area contributed by atoms with Crippen LogP contribution in [0.5, 0.6) is 5.75 Å². The van der Waals surface area contributed by atoms with Crippen LogP contribution >= 0.6 is 0 Å². The minimum atomic E-state index is -0.254. The Morgan fingerprint density at radius 2 is 1.67 bits per heavy atom. The number of rotatable bonds is 17. The second-order valence-electron chi connectivity index (χ2n) is 8.50. The van der Waals surface area contributed by atoms with Gasteiger partial charge in [0.1, 0.15) is 5.75 Å². The molecule has 0 aliphatic carbocycles. The molecule has 0 unspecified atom stereocenters. The van der Waals surface area contributed by atoms with E-state index >= 15 is 0 Å². The Balaban J connectivity index is 1.70. The molecule has 0 amide bonds. The van der Waals surface area contributed by atoms with E-state index in [0.29, 0.717) is 12.2 Å². The first-order valence-corrected chi connectivity index (χ1v) is 12.7. The van der Waals surface area contributed by atoms with Crippen LogP contribution in [0.2, 0.25) is 0 Å². The molecule has 4 nitrogen and oxygen atoms in total. The fraction of sp³-hybridized carbons (Fsp3) is 0.517. The minimum Gasteiger partial charge on any atom is -0.425 e.